The summed E-state index contributed by atoms with van der Waals surface area (Å²) in [6.45, 7) is 5.10. The Bertz CT molecular complexity index is 1290. The van der Waals surface area contributed by atoms with Crippen LogP contribution in [0, 0.1) is 0 Å². The second kappa shape index (κ2) is 13.3. The first-order chi connectivity index (χ1) is 19.3. The van der Waals surface area contributed by atoms with Crippen LogP contribution in [-0.2, 0) is 0 Å². The molecule has 224 valence electrons. The average Bonchev–Trinajstić information content (AvgIpc) is 2.91. The molecule has 0 bridgehead atoms. The van der Waals surface area contributed by atoms with E-state index in [9.17, 15) is 30.7 Å². The minimum Gasteiger partial charge on any atom is -0.488 e. The first-order valence-corrected chi connectivity index (χ1v) is 12.8. The van der Waals surface area contributed by atoms with Crippen molar-refractivity contribution in [1.29, 1.82) is 0 Å². The number of hydrogen-bond donors (Lipinski definition) is 0. The Labute approximate surface area is 234 Å². The highest BCUT2D eigenvalue weighted by Gasteiger charge is 2.44. The van der Waals surface area contributed by atoms with Crippen LogP contribution in [0.4, 0.5) is 36.4 Å². The maximum Gasteiger partial charge on any atom is 0.573 e. The third kappa shape index (κ3) is 8.18. The molecule has 4 rings (SSSR count). The van der Waals surface area contributed by atoms with Gasteiger partial charge in [0, 0.05) is 18.7 Å². The molecule has 1 unspecified atom stereocenters. The van der Waals surface area contributed by atoms with E-state index in [1.165, 1.54) is 30.3 Å². The molecular formula is C29H31F7N2O3. The molecule has 3 aromatic rings. The van der Waals surface area contributed by atoms with Crippen LogP contribution in [0.3, 0.4) is 0 Å². The number of anilines is 1. The van der Waals surface area contributed by atoms with Gasteiger partial charge in [0.05, 0.1) is 11.7 Å². The Hall–Kier alpha value is -3.67. The van der Waals surface area contributed by atoms with Crippen molar-refractivity contribution in [1.82, 2.24) is 4.90 Å². The lowest BCUT2D eigenvalue weighted by molar-refractivity contribution is -0.274. The Balaban J connectivity index is 0.00000226. The highest BCUT2D eigenvalue weighted by atomic mass is 19.4. The summed E-state index contributed by atoms with van der Waals surface area (Å²) in [5.74, 6) is -0.382. The van der Waals surface area contributed by atoms with Crippen LogP contribution in [0.1, 0.15) is 25.5 Å². The van der Waals surface area contributed by atoms with Crippen molar-refractivity contribution >= 4 is 5.69 Å². The molecular weight excluding hydrogens is 557 g/mol. The summed E-state index contributed by atoms with van der Waals surface area (Å²) in [5, 5.41) is 0. The zero-order valence-electron chi connectivity index (χ0n) is 22.9. The molecule has 0 spiro atoms. The van der Waals surface area contributed by atoms with Gasteiger partial charge in [0.2, 0.25) is 0 Å². The van der Waals surface area contributed by atoms with Gasteiger partial charge in [-0.3, -0.25) is 0 Å². The molecule has 0 fully saturated rings. The van der Waals surface area contributed by atoms with Crippen LogP contribution >= 0.6 is 0 Å². The minimum atomic E-state index is -4.85. The molecule has 0 aliphatic carbocycles. The van der Waals surface area contributed by atoms with Crippen LogP contribution in [0.2, 0.25) is 0 Å². The molecule has 0 aromatic heterocycles. The smallest absolute Gasteiger partial charge is 0.488 e. The first kappa shape index (κ1) is 31.9. The third-order valence-corrected chi connectivity index (χ3v) is 5.98. The number of halogens is 7. The summed E-state index contributed by atoms with van der Waals surface area (Å²) < 4.78 is 105. The number of ether oxygens (including phenoxy) is 3. The molecule has 3 aromatic carbocycles. The summed E-state index contributed by atoms with van der Waals surface area (Å²) in [5.41, 5.74) is 2.08. The van der Waals surface area contributed by atoms with E-state index < -0.39 is 30.7 Å². The van der Waals surface area contributed by atoms with Crippen molar-refractivity contribution < 1.29 is 44.9 Å². The van der Waals surface area contributed by atoms with Gasteiger partial charge in [0.1, 0.15) is 18.1 Å². The van der Waals surface area contributed by atoms with Crippen LogP contribution in [0.25, 0.3) is 11.1 Å². The van der Waals surface area contributed by atoms with E-state index in [0.29, 0.717) is 41.2 Å². The molecule has 1 aliphatic rings. The lowest BCUT2D eigenvalue weighted by Crippen LogP contribution is -2.40. The Morgan fingerprint density at radius 2 is 1.54 bits per heavy atom. The fourth-order valence-corrected chi connectivity index (χ4v) is 4.26. The van der Waals surface area contributed by atoms with Crippen molar-refractivity contribution in [3.05, 3.63) is 72.3 Å². The van der Waals surface area contributed by atoms with E-state index in [-0.39, 0.29) is 12.4 Å². The monoisotopic (exact) mass is 588 g/mol. The number of hydrogen-bond acceptors (Lipinski definition) is 5. The quantitative estimate of drug-likeness (QED) is 0.237. The van der Waals surface area contributed by atoms with Gasteiger partial charge in [-0.15, -0.1) is 13.2 Å². The molecule has 41 heavy (non-hydrogen) atoms. The Kier molecular flexibility index (Phi) is 10.4. The standard InChI is InChI=1S/C27H25F7N2O3.C2H6/c1-35(2)12-13-36-22-11-5-10-21(17-6-3-9-20(14-17)39-27(32,33)34)24(22)37-16-23(36)18-7-4-8-19(15-18)38-26(30,31)25(28)29;1-2/h3-11,14-15,23,25H,12-13,16H2,1-2H3;1-2H3. The zero-order chi connectivity index (χ0) is 30.4. The number of likely N-dealkylation sites (N-methyl/N-ethyl adjacent to an activating group) is 1. The second-order valence-corrected chi connectivity index (χ2v) is 9.09. The van der Waals surface area contributed by atoms with Crippen molar-refractivity contribution in [2.45, 2.75) is 38.8 Å². The highest BCUT2D eigenvalue weighted by molar-refractivity contribution is 5.80. The highest BCUT2D eigenvalue weighted by Crippen LogP contribution is 2.46. The van der Waals surface area contributed by atoms with Crippen LogP contribution in [0.15, 0.2) is 66.7 Å². The number of nitrogens with zero attached hydrogens (tertiary/aromatic N) is 2. The molecule has 12 heteroatoms. The van der Waals surface area contributed by atoms with E-state index in [0.717, 1.165) is 6.07 Å². The van der Waals surface area contributed by atoms with Gasteiger partial charge >= 0.3 is 18.9 Å². The van der Waals surface area contributed by atoms with Gasteiger partial charge in [-0.2, -0.15) is 17.6 Å². The van der Waals surface area contributed by atoms with Crippen molar-refractivity contribution in [3.63, 3.8) is 0 Å². The van der Waals surface area contributed by atoms with E-state index in [4.69, 9.17) is 4.74 Å². The Morgan fingerprint density at radius 3 is 2.17 bits per heavy atom. The number of alkyl halides is 7. The largest absolute Gasteiger partial charge is 0.573 e. The van der Waals surface area contributed by atoms with Crippen molar-refractivity contribution in [2.75, 3.05) is 38.7 Å². The van der Waals surface area contributed by atoms with E-state index >= 15 is 0 Å². The fraction of sp³-hybridized carbons (Fsp3) is 0.379. The molecule has 0 saturated heterocycles. The molecule has 0 saturated carbocycles. The van der Waals surface area contributed by atoms with Gasteiger partial charge in [0.25, 0.3) is 0 Å². The Morgan fingerprint density at radius 1 is 0.902 bits per heavy atom. The summed E-state index contributed by atoms with van der Waals surface area (Å²) in [4.78, 5) is 3.92. The van der Waals surface area contributed by atoms with Crippen molar-refractivity contribution in [3.8, 4) is 28.4 Å². The van der Waals surface area contributed by atoms with Crippen LogP contribution in [0.5, 0.6) is 17.2 Å². The third-order valence-electron chi connectivity index (χ3n) is 5.98. The van der Waals surface area contributed by atoms with Gasteiger partial charge in [-0.25, -0.2) is 0 Å². The van der Waals surface area contributed by atoms with Crippen molar-refractivity contribution in [2.24, 2.45) is 0 Å². The number of rotatable bonds is 9. The molecule has 1 atom stereocenters. The van der Waals surface area contributed by atoms with Gasteiger partial charge in [-0.1, -0.05) is 50.2 Å². The minimum absolute atomic E-state index is 0.0465. The maximum absolute atomic E-state index is 13.5. The average molecular weight is 589 g/mol. The SMILES string of the molecule is CC.CN(C)CCN1c2cccc(-c3cccc(OC(F)(F)F)c3)c2OCC1c1cccc(OC(F)(F)C(F)F)c1. The number of benzene rings is 3. The topological polar surface area (TPSA) is 34.2 Å². The lowest BCUT2D eigenvalue weighted by atomic mass is 9.98. The fourth-order valence-electron chi connectivity index (χ4n) is 4.26. The molecule has 1 heterocycles. The van der Waals surface area contributed by atoms with Gasteiger partial charge < -0.3 is 24.0 Å². The summed E-state index contributed by atoms with van der Waals surface area (Å²) >= 11 is 0. The first-order valence-electron chi connectivity index (χ1n) is 12.8. The molecule has 0 radical (unpaired) electrons. The lowest BCUT2D eigenvalue weighted by Gasteiger charge is -2.40. The zero-order valence-corrected chi connectivity index (χ0v) is 22.9. The molecule has 1 aliphatic heterocycles. The molecule has 5 nitrogen and oxygen atoms in total. The van der Waals surface area contributed by atoms with E-state index in [1.54, 1.807) is 30.3 Å². The molecule has 0 N–H and O–H groups in total. The normalized spacial score (nSPS) is 15.1. The predicted molar refractivity (Wildman–Crippen MR) is 142 cm³/mol. The summed E-state index contributed by atoms with van der Waals surface area (Å²) in [6.07, 6.45) is -13.5. The maximum atomic E-state index is 13.5. The van der Waals surface area contributed by atoms with E-state index in [2.05, 4.69) is 9.47 Å². The summed E-state index contributed by atoms with van der Waals surface area (Å²) in [7, 11) is 3.75. The van der Waals surface area contributed by atoms with Gasteiger partial charge in [0.15, 0.2) is 5.75 Å². The second-order valence-electron chi connectivity index (χ2n) is 9.09. The van der Waals surface area contributed by atoms with E-state index in [1.807, 2.05) is 37.7 Å². The van der Waals surface area contributed by atoms with Crippen LogP contribution < -0.4 is 19.1 Å². The van der Waals surface area contributed by atoms with Gasteiger partial charge in [-0.05, 0) is 55.6 Å². The number of fused-ring (bicyclic) bond motifs is 1. The number of para-hydroxylation sites is 1. The summed E-state index contributed by atoms with van der Waals surface area (Å²) in [6, 6.07) is 15.7. The molecule has 0 amide bonds. The predicted octanol–water partition coefficient (Wildman–Crippen LogP) is 8.02. The van der Waals surface area contributed by atoms with Crippen LogP contribution in [-0.4, -0.2) is 57.6 Å².